The first-order chi connectivity index (χ1) is 9.34. The fraction of sp³-hybridized carbons (Fsp3) is 0.500. The Morgan fingerprint density at radius 1 is 1.30 bits per heavy atom. The Hall–Kier alpha value is 0.0200. The largest absolute Gasteiger partial charge is 0.316 e. The Morgan fingerprint density at radius 3 is 2.50 bits per heavy atom. The molecule has 0 aliphatic heterocycles. The number of hydrogen-bond acceptors (Lipinski definition) is 4. The Kier molecular flexibility index (Phi) is 7.11. The summed E-state index contributed by atoms with van der Waals surface area (Å²) >= 11 is 13.7. The fourth-order valence-corrected chi connectivity index (χ4v) is 4.18. The SMILES string of the molecule is CNCc1cc(S(=O)(=O)N(C)CCSC)c(Cl)cc1Cl. The minimum Gasteiger partial charge on any atom is -0.316 e. The molecule has 0 spiro atoms. The van der Waals surface area contributed by atoms with Gasteiger partial charge in [-0.1, -0.05) is 23.2 Å². The number of thioether (sulfide) groups is 1. The number of halogens is 2. The van der Waals surface area contributed by atoms with Gasteiger partial charge in [0.15, 0.2) is 0 Å². The van der Waals surface area contributed by atoms with Gasteiger partial charge in [0.1, 0.15) is 4.90 Å². The van der Waals surface area contributed by atoms with Crippen molar-refractivity contribution >= 4 is 45.0 Å². The van der Waals surface area contributed by atoms with Crippen molar-refractivity contribution in [3.63, 3.8) is 0 Å². The summed E-state index contributed by atoms with van der Waals surface area (Å²) in [5.74, 6) is 0.726. The van der Waals surface area contributed by atoms with Gasteiger partial charge in [-0.3, -0.25) is 0 Å². The second kappa shape index (κ2) is 7.87. The molecule has 0 aliphatic carbocycles. The molecule has 0 atom stereocenters. The summed E-state index contributed by atoms with van der Waals surface area (Å²) in [5.41, 5.74) is 0.704. The standard InChI is InChI=1S/C12H18Cl2N2O2S2/c1-15-8-9-6-12(11(14)7-10(9)13)20(17,18)16(2)4-5-19-3/h6-7,15H,4-5,8H2,1-3H3. The zero-order valence-corrected chi connectivity index (χ0v) is 14.8. The molecule has 4 nitrogen and oxygen atoms in total. The topological polar surface area (TPSA) is 49.4 Å². The molecule has 8 heteroatoms. The van der Waals surface area contributed by atoms with Gasteiger partial charge in [-0.25, -0.2) is 12.7 Å². The third-order valence-electron chi connectivity index (χ3n) is 2.77. The Bertz CT molecular complexity index is 565. The molecule has 0 aromatic heterocycles. The minimum absolute atomic E-state index is 0.0948. The molecule has 20 heavy (non-hydrogen) atoms. The molecule has 114 valence electrons. The molecule has 0 aliphatic rings. The predicted molar refractivity (Wildman–Crippen MR) is 87.4 cm³/mol. The maximum absolute atomic E-state index is 12.5. The van der Waals surface area contributed by atoms with E-state index in [1.165, 1.54) is 16.4 Å². The van der Waals surface area contributed by atoms with Gasteiger partial charge in [-0.05, 0) is 31.0 Å². The van der Waals surface area contributed by atoms with Crippen LogP contribution >= 0.6 is 35.0 Å². The molecule has 1 N–H and O–H groups in total. The molecule has 0 bridgehead atoms. The zero-order chi connectivity index (χ0) is 15.3. The molecular formula is C12H18Cl2N2O2S2. The van der Waals surface area contributed by atoms with Crippen LogP contribution in [0.15, 0.2) is 17.0 Å². The van der Waals surface area contributed by atoms with Crippen LogP contribution in [-0.2, 0) is 16.6 Å². The van der Waals surface area contributed by atoms with Gasteiger partial charge in [-0.15, -0.1) is 0 Å². The van der Waals surface area contributed by atoms with Crippen LogP contribution in [0.25, 0.3) is 0 Å². The van der Waals surface area contributed by atoms with Crippen LogP contribution in [0.2, 0.25) is 10.0 Å². The zero-order valence-electron chi connectivity index (χ0n) is 11.6. The van der Waals surface area contributed by atoms with Crippen LogP contribution in [-0.4, -0.2) is 45.4 Å². The lowest BCUT2D eigenvalue weighted by Crippen LogP contribution is -2.29. The first-order valence-electron chi connectivity index (χ1n) is 5.92. The van der Waals surface area contributed by atoms with Crippen molar-refractivity contribution < 1.29 is 8.42 Å². The number of hydrogen-bond donors (Lipinski definition) is 1. The summed E-state index contributed by atoms with van der Waals surface area (Å²) < 4.78 is 26.3. The molecule has 0 unspecified atom stereocenters. The van der Waals surface area contributed by atoms with E-state index in [1.807, 2.05) is 6.26 Å². The molecule has 0 fully saturated rings. The highest BCUT2D eigenvalue weighted by atomic mass is 35.5. The van der Waals surface area contributed by atoms with Crippen LogP contribution in [0.1, 0.15) is 5.56 Å². The number of sulfonamides is 1. The van der Waals surface area contributed by atoms with Gasteiger partial charge in [0.05, 0.1) is 5.02 Å². The second-order valence-electron chi connectivity index (χ2n) is 4.22. The molecule has 0 amide bonds. The van der Waals surface area contributed by atoms with Crippen molar-refractivity contribution in [2.24, 2.45) is 0 Å². The molecular weight excluding hydrogens is 339 g/mol. The van der Waals surface area contributed by atoms with Crippen molar-refractivity contribution in [1.29, 1.82) is 0 Å². The van der Waals surface area contributed by atoms with E-state index in [-0.39, 0.29) is 9.92 Å². The third kappa shape index (κ3) is 4.26. The van der Waals surface area contributed by atoms with Gasteiger partial charge in [0.2, 0.25) is 10.0 Å². The summed E-state index contributed by atoms with van der Waals surface area (Å²) in [5, 5.41) is 3.55. The first-order valence-corrected chi connectivity index (χ1v) is 9.51. The molecule has 1 aromatic carbocycles. The number of rotatable bonds is 7. The van der Waals surface area contributed by atoms with E-state index in [9.17, 15) is 8.42 Å². The smallest absolute Gasteiger partial charge is 0.244 e. The second-order valence-corrected chi connectivity index (χ2v) is 8.04. The summed E-state index contributed by atoms with van der Waals surface area (Å²) in [6.07, 6.45) is 1.93. The normalized spacial score (nSPS) is 12.1. The van der Waals surface area contributed by atoms with Crippen molar-refractivity contribution in [1.82, 2.24) is 9.62 Å². The van der Waals surface area contributed by atoms with Gasteiger partial charge in [-0.2, -0.15) is 11.8 Å². The number of benzene rings is 1. The van der Waals surface area contributed by atoms with Crippen LogP contribution in [0.5, 0.6) is 0 Å². The van der Waals surface area contributed by atoms with Gasteiger partial charge < -0.3 is 5.32 Å². The molecule has 1 aromatic rings. The summed E-state index contributed by atoms with van der Waals surface area (Å²) in [7, 11) is -0.280. The lowest BCUT2D eigenvalue weighted by Gasteiger charge is -2.18. The van der Waals surface area contributed by atoms with E-state index in [0.717, 1.165) is 5.75 Å². The van der Waals surface area contributed by atoms with Gasteiger partial charge in [0.25, 0.3) is 0 Å². The molecule has 0 saturated heterocycles. The van der Waals surface area contributed by atoms with Gasteiger partial charge >= 0.3 is 0 Å². The Labute approximate surface area is 134 Å². The van der Waals surface area contributed by atoms with Crippen LogP contribution in [0.3, 0.4) is 0 Å². The van der Waals surface area contributed by atoms with Crippen LogP contribution < -0.4 is 5.32 Å². The summed E-state index contributed by atoms with van der Waals surface area (Å²) in [6.45, 7) is 0.914. The Balaban J connectivity index is 3.20. The van der Waals surface area contributed by atoms with E-state index < -0.39 is 10.0 Å². The lowest BCUT2D eigenvalue weighted by molar-refractivity contribution is 0.488. The maximum atomic E-state index is 12.5. The predicted octanol–water partition coefficient (Wildman–Crippen LogP) is 2.70. The Morgan fingerprint density at radius 2 is 1.95 bits per heavy atom. The molecule has 0 radical (unpaired) electrons. The number of nitrogens with one attached hydrogen (secondary N) is 1. The first kappa shape index (κ1) is 18.1. The molecule has 0 heterocycles. The molecule has 0 saturated carbocycles. The van der Waals surface area contributed by atoms with E-state index in [2.05, 4.69) is 5.32 Å². The summed E-state index contributed by atoms with van der Waals surface area (Å²) in [4.78, 5) is 0.0948. The third-order valence-corrected chi connectivity index (χ3v) is 6.03. The average molecular weight is 357 g/mol. The highest BCUT2D eigenvalue weighted by molar-refractivity contribution is 7.98. The van der Waals surface area contributed by atoms with Crippen molar-refractivity contribution in [3.05, 3.63) is 27.7 Å². The van der Waals surface area contributed by atoms with E-state index in [4.69, 9.17) is 23.2 Å². The van der Waals surface area contributed by atoms with E-state index >= 15 is 0 Å². The highest BCUT2D eigenvalue weighted by Gasteiger charge is 2.24. The van der Waals surface area contributed by atoms with Gasteiger partial charge in [0, 0.05) is 30.9 Å². The van der Waals surface area contributed by atoms with E-state index in [1.54, 1.807) is 25.9 Å². The van der Waals surface area contributed by atoms with Crippen molar-refractivity contribution in [3.8, 4) is 0 Å². The highest BCUT2D eigenvalue weighted by Crippen LogP contribution is 2.30. The maximum Gasteiger partial charge on any atom is 0.244 e. The fourth-order valence-electron chi connectivity index (χ4n) is 1.60. The average Bonchev–Trinajstić information content (AvgIpc) is 2.38. The van der Waals surface area contributed by atoms with Crippen LogP contribution in [0, 0.1) is 0 Å². The monoisotopic (exact) mass is 356 g/mol. The number of nitrogens with zero attached hydrogens (tertiary/aromatic N) is 1. The minimum atomic E-state index is -3.60. The molecule has 1 rings (SSSR count). The van der Waals surface area contributed by atoms with Crippen LogP contribution in [0.4, 0.5) is 0 Å². The van der Waals surface area contributed by atoms with Crippen molar-refractivity contribution in [2.75, 3.05) is 32.6 Å². The summed E-state index contributed by atoms with van der Waals surface area (Å²) in [6, 6.07) is 3.01. The quantitative estimate of drug-likeness (QED) is 0.815. The lowest BCUT2D eigenvalue weighted by atomic mass is 10.2. The van der Waals surface area contributed by atoms with E-state index in [0.29, 0.717) is 23.7 Å². The van der Waals surface area contributed by atoms with Crippen molar-refractivity contribution in [2.45, 2.75) is 11.4 Å².